The van der Waals surface area contributed by atoms with Gasteiger partial charge in [-0.25, -0.2) is 4.98 Å². The van der Waals surface area contributed by atoms with E-state index in [2.05, 4.69) is 22.5 Å². The van der Waals surface area contributed by atoms with Gasteiger partial charge in [0.25, 0.3) is 0 Å². The van der Waals surface area contributed by atoms with Crippen LogP contribution in [0.5, 0.6) is 0 Å². The molecule has 4 heteroatoms. The zero-order chi connectivity index (χ0) is 13.3. The maximum Gasteiger partial charge on any atom is 0.243 e. The van der Waals surface area contributed by atoms with Crippen LogP contribution in [0.15, 0.2) is 43.0 Å². The standard InChI is InChI=1S/C15H21N3O/c19-15(8-7-14-5-2-1-3-6-14)17-9-4-11-18-12-10-16-13-18/h1-2,7-8,10,12-14H,3-6,9,11H2,(H,17,19)/b8-7+. The van der Waals surface area contributed by atoms with Gasteiger partial charge in [0.1, 0.15) is 0 Å². The summed E-state index contributed by atoms with van der Waals surface area (Å²) in [6.45, 7) is 1.59. The summed E-state index contributed by atoms with van der Waals surface area (Å²) in [5.74, 6) is 0.543. The second-order valence-corrected chi connectivity index (χ2v) is 4.85. The van der Waals surface area contributed by atoms with Gasteiger partial charge in [-0.1, -0.05) is 18.2 Å². The second kappa shape index (κ2) is 7.56. The molecule has 1 unspecified atom stereocenters. The van der Waals surface area contributed by atoms with E-state index in [0.29, 0.717) is 12.5 Å². The summed E-state index contributed by atoms with van der Waals surface area (Å²) in [6.07, 6.45) is 17.9. The lowest BCUT2D eigenvalue weighted by atomic mass is 9.94. The maximum atomic E-state index is 11.6. The fraction of sp³-hybridized carbons (Fsp3) is 0.467. The topological polar surface area (TPSA) is 46.9 Å². The van der Waals surface area contributed by atoms with E-state index in [9.17, 15) is 4.79 Å². The van der Waals surface area contributed by atoms with E-state index in [1.54, 1.807) is 18.6 Å². The predicted octanol–water partition coefficient (Wildman–Crippen LogP) is 2.30. The smallest absolute Gasteiger partial charge is 0.243 e. The van der Waals surface area contributed by atoms with Crippen LogP contribution in [0, 0.1) is 5.92 Å². The van der Waals surface area contributed by atoms with Crippen molar-refractivity contribution in [1.29, 1.82) is 0 Å². The minimum atomic E-state index is 0.0141. The van der Waals surface area contributed by atoms with Crippen LogP contribution in [0.25, 0.3) is 0 Å². The van der Waals surface area contributed by atoms with Gasteiger partial charge >= 0.3 is 0 Å². The Morgan fingerprint density at radius 1 is 1.47 bits per heavy atom. The molecule has 0 saturated carbocycles. The van der Waals surface area contributed by atoms with Crippen molar-refractivity contribution in [2.75, 3.05) is 6.54 Å². The molecule has 4 nitrogen and oxygen atoms in total. The number of aryl methyl sites for hydroxylation is 1. The Morgan fingerprint density at radius 3 is 3.16 bits per heavy atom. The molecule has 102 valence electrons. The number of amides is 1. The van der Waals surface area contributed by atoms with E-state index in [0.717, 1.165) is 32.2 Å². The third kappa shape index (κ3) is 5.12. The molecule has 0 saturated heterocycles. The van der Waals surface area contributed by atoms with E-state index in [-0.39, 0.29) is 5.91 Å². The number of carbonyl (C=O) groups is 1. The van der Waals surface area contributed by atoms with Crippen molar-refractivity contribution in [2.24, 2.45) is 5.92 Å². The number of nitrogens with one attached hydrogen (secondary N) is 1. The Kier molecular flexibility index (Phi) is 5.41. The van der Waals surface area contributed by atoms with E-state index in [1.807, 2.05) is 16.8 Å². The van der Waals surface area contributed by atoms with Crippen LogP contribution in [-0.4, -0.2) is 22.0 Å². The first-order valence-corrected chi connectivity index (χ1v) is 6.91. The molecule has 1 atom stereocenters. The normalized spacial score (nSPS) is 18.8. The molecule has 2 rings (SSSR count). The number of hydrogen-bond acceptors (Lipinski definition) is 2. The highest BCUT2D eigenvalue weighted by molar-refractivity contribution is 5.87. The average Bonchev–Trinajstić information content (AvgIpc) is 2.96. The number of aromatic nitrogens is 2. The molecule has 0 spiro atoms. The van der Waals surface area contributed by atoms with Gasteiger partial charge in [-0.05, 0) is 37.7 Å². The molecule has 0 radical (unpaired) electrons. The Morgan fingerprint density at radius 2 is 2.42 bits per heavy atom. The van der Waals surface area contributed by atoms with Crippen molar-refractivity contribution in [3.8, 4) is 0 Å². The first-order valence-electron chi connectivity index (χ1n) is 6.91. The molecule has 19 heavy (non-hydrogen) atoms. The number of carbonyl (C=O) groups excluding carboxylic acids is 1. The van der Waals surface area contributed by atoms with Gasteiger partial charge in [-0.2, -0.15) is 0 Å². The third-order valence-electron chi connectivity index (χ3n) is 3.28. The largest absolute Gasteiger partial charge is 0.352 e. The Bertz CT molecular complexity index is 434. The molecule has 1 amide bonds. The first-order chi connectivity index (χ1) is 9.34. The first kappa shape index (κ1) is 13.6. The Hall–Kier alpha value is -1.84. The number of imidazole rings is 1. The van der Waals surface area contributed by atoms with E-state index in [1.165, 1.54) is 0 Å². The molecule has 0 fully saturated rings. The minimum Gasteiger partial charge on any atom is -0.352 e. The molecular weight excluding hydrogens is 238 g/mol. The molecule has 1 aromatic rings. The van der Waals surface area contributed by atoms with Crippen LogP contribution in [0.2, 0.25) is 0 Å². The van der Waals surface area contributed by atoms with Gasteiger partial charge < -0.3 is 9.88 Å². The van der Waals surface area contributed by atoms with Crippen molar-refractivity contribution in [2.45, 2.75) is 32.2 Å². The molecule has 1 N–H and O–H groups in total. The second-order valence-electron chi connectivity index (χ2n) is 4.85. The van der Waals surface area contributed by atoms with E-state index >= 15 is 0 Å². The fourth-order valence-electron chi connectivity index (χ4n) is 2.17. The van der Waals surface area contributed by atoms with Crippen molar-refractivity contribution >= 4 is 5.91 Å². The highest BCUT2D eigenvalue weighted by atomic mass is 16.1. The van der Waals surface area contributed by atoms with Crippen LogP contribution >= 0.6 is 0 Å². The molecule has 0 aliphatic heterocycles. The van der Waals surface area contributed by atoms with Crippen molar-refractivity contribution in [1.82, 2.24) is 14.9 Å². The van der Waals surface area contributed by atoms with E-state index < -0.39 is 0 Å². The van der Waals surface area contributed by atoms with Gasteiger partial charge in [0, 0.05) is 25.5 Å². The summed E-state index contributed by atoms with van der Waals surface area (Å²) in [5, 5.41) is 2.91. The molecule has 1 aromatic heterocycles. The minimum absolute atomic E-state index is 0.0141. The molecule has 0 bridgehead atoms. The molecule has 1 heterocycles. The van der Waals surface area contributed by atoms with Crippen LogP contribution < -0.4 is 5.32 Å². The summed E-state index contributed by atoms with van der Waals surface area (Å²) in [5.41, 5.74) is 0. The van der Waals surface area contributed by atoms with Crippen molar-refractivity contribution < 1.29 is 4.79 Å². The highest BCUT2D eigenvalue weighted by Crippen LogP contribution is 2.18. The van der Waals surface area contributed by atoms with Gasteiger partial charge in [-0.3, -0.25) is 4.79 Å². The number of nitrogens with zero attached hydrogens (tertiary/aromatic N) is 2. The summed E-state index contributed by atoms with van der Waals surface area (Å²) < 4.78 is 2.01. The predicted molar refractivity (Wildman–Crippen MR) is 75.5 cm³/mol. The third-order valence-corrected chi connectivity index (χ3v) is 3.28. The highest BCUT2D eigenvalue weighted by Gasteiger charge is 2.06. The van der Waals surface area contributed by atoms with Crippen LogP contribution in [0.3, 0.4) is 0 Å². The quantitative estimate of drug-likeness (QED) is 0.484. The van der Waals surface area contributed by atoms with E-state index in [4.69, 9.17) is 0 Å². The summed E-state index contributed by atoms with van der Waals surface area (Å²) in [4.78, 5) is 15.6. The number of hydrogen-bond donors (Lipinski definition) is 1. The lowest BCUT2D eigenvalue weighted by molar-refractivity contribution is -0.116. The lowest BCUT2D eigenvalue weighted by Gasteiger charge is -2.12. The monoisotopic (exact) mass is 259 g/mol. The summed E-state index contributed by atoms with van der Waals surface area (Å²) in [6, 6.07) is 0. The van der Waals surface area contributed by atoms with Gasteiger partial charge in [0.15, 0.2) is 0 Å². The number of allylic oxidation sites excluding steroid dienone is 3. The molecular formula is C15H21N3O. The molecule has 1 aliphatic rings. The van der Waals surface area contributed by atoms with Crippen molar-refractivity contribution in [3.63, 3.8) is 0 Å². The fourth-order valence-corrected chi connectivity index (χ4v) is 2.17. The maximum absolute atomic E-state index is 11.6. The van der Waals surface area contributed by atoms with Gasteiger partial charge in [0.2, 0.25) is 5.91 Å². The zero-order valence-corrected chi connectivity index (χ0v) is 11.2. The Labute approximate surface area is 114 Å². The lowest BCUT2D eigenvalue weighted by Crippen LogP contribution is -2.23. The van der Waals surface area contributed by atoms with Crippen LogP contribution in [-0.2, 0) is 11.3 Å². The summed E-state index contributed by atoms with van der Waals surface area (Å²) >= 11 is 0. The number of rotatable bonds is 6. The average molecular weight is 259 g/mol. The van der Waals surface area contributed by atoms with Gasteiger partial charge in [0.05, 0.1) is 6.33 Å². The summed E-state index contributed by atoms with van der Waals surface area (Å²) in [7, 11) is 0. The molecule has 1 aliphatic carbocycles. The van der Waals surface area contributed by atoms with Gasteiger partial charge in [-0.15, -0.1) is 0 Å². The van der Waals surface area contributed by atoms with Crippen LogP contribution in [0.4, 0.5) is 0 Å². The Balaban J connectivity index is 1.59. The van der Waals surface area contributed by atoms with Crippen LogP contribution in [0.1, 0.15) is 25.7 Å². The SMILES string of the molecule is O=C(/C=C/C1CC=CCC1)NCCCn1ccnc1. The zero-order valence-electron chi connectivity index (χ0n) is 11.2. The van der Waals surface area contributed by atoms with Crippen molar-refractivity contribution in [3.05, 3.63) is 43.0 Å². The molecule has 0 aromatic carbocycles.